The van der Waals surface area contributed by atoms with E-state index in [-0.39, 0.29) is 5.78 Å². The highest BCUT2D eigenvalue weighted by atomic mass is 16.3. The molecule has 0 saturated heterocycles. The maximum Gasteiger partial charge on any atom is 0.179 e. The third-order valence-electron chi connectivity index (χ3n) is 4.79. The SMILES string of the molecule is Cc1ccc2c(c1)c1c(n2C[C@@H](O)Cn2ccnc2)C(=O)CCC1. The molecule has 0 saturated carbocycles. The number of carbonyl (C=O) groups excluding carboxylic acids is 1. The standard InChI is InChI=1S/C19H21N3O2/c1-13-5-6-17-16(9-13)15-3-2-4-18(24)19(15)22(17)11-14(23)10-21-8-7-20-12-21/h5-9,12,14,23H,2-4,10-11H2,1H3/t14-/m0/s1. The van der Waals surface area contributed by atoms with Crippen LogP contribution in [0.5, 0.6) is 0 Å². The Balaban J connectivity index is 1.76. The van der Waals surface area contributed by atoms with Gasteiger partial charge in [0.15, 0.2) is 5.78 Å². The first-order valence-electron chi connectivity index (χ1n) is 8.42. The van der Waals surface area contributed by atoms with Crippen LogP contribution in [0.1, 0.15) is 34.5 Å². The molecule has 2 heterocycles. The van der Waals surface area contributed by atoms with Crippen LogP contribution in [-0.2, 0) is 19.5 Å². The molecule has 3 aromatic rings. The van der Waals surface area contributed by atoms with Gasteiger partial charge in [0.05, 0.1) is 31.2 Å². The fourth-order valence-electron chi connectivity index (χ4n) is 3.75. The van der Waals surface area contributed by atoms with Gasteiger partial charge < -0.3 is 14.2 Å². The third kappa shape index (κ3) is 2.55. The predicted octanol–water partition coefficient (Wildman–Crippen LogP) is 2.73. The number of aryl methyl sites for hydroxylation is 2. The average molecular weight is 323 g/mol. The van der Waals surface area contributed by atoms with Gasteiger partial charge in [0, 0.05) is 29.7 Å². The first kappa shape index (κ1) is 15.1. The Morgan fingerprint density at radius 2 is 2.17 bits per heavy atom. The summed E-state index contributed by atoms with van der Waals surface area (Å²) in [5, 5.41) is 11.7. The summed E-state index contributed by atoms with van der Waals surface area (Å²) in [5.41, 5.74) is 4.19. The topological polar surface area (TPSA) is 60.1 Å². The monoisotopic (exact) mass is 323 g/mol. The van der Waals surface area contributed by atoms with Gasteiger partial charge in [-0.15, -0.1) is 0 Å². The number of Topliss-reactive ketones (excluding diaryl/α,β-unsaturated/α-hetero) is 1. The van der Waals surface area contributed by atoms with Gasteiger partial charge in [0.2, 0.25) is 0 Å². The van der Waals surface area contributed by atoms with Crippen LogP contribution in [0, 0.1) is 6.92 Å². The van der Waals surface area contributed by atoms with Gasteiger partial charge >= 0.3 is 0 Å². The number of fused-ring (bicyclic) bond motifs is 3. The number of aliphatic hydroxyl groups excluding tert-OH is 1. The molecule has 1 aliphatic rings. The van der Waals surface area contributed by atoms with E-state index in [2.05, 4.69) is 30.1 Å². The Kier molecular flexibility index (Phi) is 3.73. The summed E-state index contributed by atoms with van der Waals surface area (Å²) in [7, 11) is 0. The maximum absolute atomic E-state index is 12.5. The number of aromatic nitrogens is 3. The Morgan fingerprint density at radius 3 is 2.96 bits per heavy atom. The van der Waals surface area contributed by atoms with Crippen molar-refractivity contribution in [1.29, 1.82) is 0 Å². The fraction of sp³-hybridized carbons (Fsp3) is 0.368. The molecule has 24 heavy (non-hydrogen) atoms. The highest BCUT2D eigenvalue weighted by Gasteiger charge is 2.26. The summed E-state index contributed by atoms with van der Waals surface area (Å²) in [6.45, 7) is 2.95. The second-order valence-electron chi connectivity index (χ2n) is 6.65. The van der Waals surface area contributed by atoms with E-state index < -0.39 is 6.10 Å². The Labute approximate surface area is 140 Å². The van der Waals surface area contributed by atoms with E-state index in [4.69, 9.17) is 0 Å². The lowest BCUT2D eigenvalue weighted by Gasteiger charge is -2.18. The van der Waals surface area contributed by atoms with Crippen LogP contribution in [0.4, 0.5) is 0 Å². The molecular weight excluding hydrogens is 302 g/mol. The molecule has 0 fully saturated rings. The molecule has 124 valence electrons. The number of rotatable bonds is 4. The summed E-state index contributed by atoms with van der Waals surface area (Å²) in [6, 6.07) is 6.29. The van der Waals surface area contributed by atoms with Crippen LogP contribution in [0.2, 0.25) is 0 Å². The number of hydrogen-bond acceptors (Lipinski definition) is 3. The van der Waals surface area contributed by atoms with Crippen LogP contribution in [-0.4, -0.2) is 31.1 Å². The van der Waals surface area contributed by atoms with Crippen molar-refractivity contribution in [2.75, 3.05) is 0 Å². The minimum Gasteiger partial charge on any atom is -0.389 e. The largest absolute Gasteiger partial charge is 0.389 e. The van der Waals surface area contributed by atoms with Crippen LogP contribution >= 0.6 is 0 Å². The molecule has 1 aliphatic carbocycles. The maximum atomic E-state index is 12.5. The minimum absolute atomic E-state index is 0.194. The van der Waals surface area contributed by atoms with Crippen LogP contribution in [0.25, 0.3) is 10.9 Å². The molecule has 4 rings (SSSR count). The number of imidazole rings is 1. The lowest BCUT2D eigenvalue weighted by atomic mass is 9.94. The zero-order chi connectivity index (χ0) is 16.7. The molecule has 0 spiro atoms. The molecule has 1 N–H and O–H groups in total. The number of carbonyl (C=O) groups is 1. The molecular formula is C19H21N3O2. The van der Waals surface area contributed by atoms with E-state index in [0.717, 1.165) is 35.0 Å². The van der Waals surface area contributed by atoms with E-state index in [0.29, 0.717) is 19.5 Å². The second-order valence-corrected chi connectivity index (χ2v) is 6.65. The number of ketones is 1. The van der Waals surface area contributed by atoms with E-state index in [9.17, 15) is 9.90 Å². The van der Waals surface area contributed by atoms with Crippen molar-refractivity contribution in [3.05, 3.63) is 53.7 Å². The lowest BCUT2D eigenvalue weighted by molar-refractivity contribution is 0.0953. The Hall–Kier alpha value is -2.40. The van der Waals surface area contributed by atoms with Gasteiger partial charge in [0.1, 0.15) is 0 Å². The van der Waals surface area contributed by atoms with Gasteiger partial charge in [0.25, 0.3) is 0 Å². The summed E-state index contributed by atoms with van der Waals surface area (Å²) >= 11 is 0. The lowest BCUT2D eigenvalue weighted by Crippen LogP contribution is -2.24. The van der Waals surface area contributed by atoms with Gasteiger partial charge in [-0.2, -0.15) is 0 Å². The molecule has 1 aromatic carbocycles. The Morgan fingerprint density at radius 1 is 1.29 bits per heavy atom. The van der Waals surface area contributed by atoms with Crippen molar-refractivity contribution in [3.8, 4) is 0 Å². The highest BCUT2D eigenvalue weighted by Crippen LogP contribution is 2.33. The third-order valence-corrected chi connectivity index (χ3v) is 4.79. The van der Waals surface area contributed by atoms with Crippen LogP contribution in [0.15, 0.2) is 36.9 Å². The quantitative estimate of drug-likeness (QED) is 0.803. The molecule has 0 unspecified atom stereocenters. The number of nitrogens with zero attached hydrogens (tertiary/aromatic N) is 3. The van der Waals surface area contributed by atoms with E-state index >= 15 is 0 Å². The van der Waals surface area contributed by atoms with Crippen molar-refractivity contribution >= 4 is 16.7 Å². The van der Waals surface area contributed by atoms with E-state index in [1.54, 1.807) is 12.5 Å². The van der Waals surface area contributed by atoms with E-state index in [1.165, 1.54) is 5.56 Å². The molecule has 2 aromatic heterocycles. The fourth-order valence-corrected chi connectivity index (χ4v) is 3.75. The molecule has 0 bridgehead atoms. The van der Waals surface area contributed by atoms with Gasteiger partial charge in [-0.05, 0) is 37.5 Å². The Bertz CT molecular complexity index is 893. The van der Waals surface area contributed by atoms with Crippen molar-refractivity contribution in [2.24, 2.45) is 0 Å². The van der Waals surface area contributed by atoms with Crippen LogP contribution in [0.3, 0.4) is 0 Å². The highest BCUT2D eigenvalue weighted by molar-refractivity contribution is 6.04. The second kappa shape index (κ2) is 5.91. The number of hydrogen-bond donors (Lipinski definition) is 1. The van der Waals surface area contributed by atoms with E-state index in [1.807, 2.05) is 15.3 Å². The molecule has 5 nitrogen and oxygen atoms in total. The summed E-state index contributed by atoms with van der Waals surface area (Å²) < 4.78 is 3.88. The predicted molar refractivity (Wildman–Crippen MR) is 92.2 cm³/mol. The normalized spacial score (nSPS) is 15.7. The summed E-state index contributed by atoms with van der Waals surface area (Å²) in [4.78, 5) is 16.5. The smallest absolute Gasteiger partial charge is 0.179 e. The van der Waals surface area contributed by atoms with Crippen LogP contribution < -0.4 is 0 Å². The zero-order valence-corrected chi connectivity index (χ0v) is 13.8. The number of aliphatic hydroxyl groups is 1. The van der Waals surface area contributed by atoms with Gasteiger partial charge in [-0.3, -0.25) is 4.79 Å². The molecule has 0 aliphatic heterocycles. The molecule has 0 amide bonds. The number of benzene rings is 1. The first-order chi connectivity index (χ1) is 11.6. The van der Waals surface area contributed by atoms with Crippen molar-refractivity contribution in [3.63, 3.8) is 0 Å². The summed E-state index contributed by atoms with van der Waals surface area (Å²) in [6.07, 6.45) is 7.10. The zero-order valence-electron chi connectivity index (χ0n) is 13.8. The first-order valence-corrected chi connectivity index (χ1v) is 8.42. The minimum atomic E-state index is -0.574. The van der Waals surface area contributed by atoms with Crippen molar-refractivity contribution < 1.29 is 9.90 Å². The average Bonchev–Trinajstić information content (AvgIpc) is 3.15. The van der Waals surface area contributed by atoms with Crippen molar-refractivity contribution in [1.82, 2.24) is 14.1 Å². The van der Waals surface area contributed by atoms with Gasteiger partial charge in [-0.25, -0.2) is 4.98 Å². The summed E-state index contributed by atoms with van der Waals surface area (Å²) in [5.74, 6) is 0.194. The molecule has 1 atom stereocenters. The van der Waals surface area contributed by atoms with Crippen molar-refractivity contribution in [2.45, 2.75) is 45.4 Å². The molecule has 5 heteroatoms. The molecule has 0 radical (unpaired) electrons. The van der Waals surface area contributed by atoms with Gasteiger partial charge in [-0.1, -0.05) is 11.6 Å².